The summed E-state index contributed by atoms with van der Waals surface area (Å²) >= 11 is 0. The first-order valence-corrected chi connectivity index (χ1v) is 10.3. The lowest BCUT2D eigenvalue weighted by atomic mass is 10.0. The van der Waals surface area contributed by atoms with Crippen molar-refractivity contribution >= 4 is 5.97 Å². The Kier molecular flexibility index (Phi) is 19.2. The van der Waals surface area contributed by atoms with Crippen molar-refractivity contribution in [2.45, 2.75) is 115 Å². The zero-order valence-electron chi connectivity index (χ0n) is 16.0. The van der Waals surface area contributed by atoms with Gasteiger partial charge in [-0.05, 0) is 12.8 Å². The Labute approximate surface area is 153 Å². The van der Waals surface area contributed by atoms with Gasteiger partial charge in [0.15, 0.2) is 0 Å². The summed E-state index contributed by atoms with van der Waals surface area (Å²) in [6, 6.07) is 0. The second-order valence-corrected chi connectivity index (χ2v) is 7.15. The molecule has 0 amide bonds. The highest BCUT2D eigenvalue weighted by Crippen LogP contribution is 2.14. The van der Waals surface area contributed by atoms with Crippen LogP contribution in [0.1, 0.15) is 109 Å². The fourth-order valence-electron chi connectivity index (χ4n) is 3.12. The summed E-state index contributed by atoms with van der Waals surface area (Å²) in [6.45, 7) is -0.110. The third-order valence-corrected chi connectivity index (χ3v) is 4.77. The van der Waals surface area contributed by atoms with E-state index in [1.54, 1.807) is 0 Å². The number of carboxylic acid groups (broad SMARTS) is 1. The summed E-state index contributed by atoms with van der Waals surface area (Å²) in [7, 11) is 0. The van der Waals surface area contributed by atoms with Crippen molar-refractivity contribution in [3.05, 3.63) is 0 Å². The van der Waals surface area contributed by atoms with E-state index in [0.29, 0.717) is 6.42 Å². The van der Waals surface area contributed by atoms with Crippen molar-refractivity contribution in [1.29, 1.82) is 0 Å². The molecule has 150 valence electrons. The molecule has 5 nitrogen and oxygen atoms in total. The van der Waals surface area contributed by atoms with Crippen LogP contribution in [-0.4, -0.2) is 34.2 Å². The average Bonchev–Trinajstić information content (AvgIpc) is 2.60. The molecular weight excluding hydrogens is 320 g/mol. The van der Waals surface area contributed by atoms with Crippen LogP contribution in [0, 0.1) is 0 Å². The third kappa shape index (κ3) is 19.5. The van der Waals surface area contributed by atoms with E-state index < -0.39 is 12.1 Å². The molecular formula is C20H40O5. The van der Waals surface area contributed by atoms with Crippen LogP contribution in [0.15, 0.2) is 0 Å². The number of carboxylic acids is 1. The lowest BCUT2D eigenvalue weighted by molar-refractivity contribution is -0.286. The van der Waals surface area contributed by atoms with E-state index >= 15 is 0 Å². The van der Waals surface area contributed by atoms with Gasteiger partial charge in [-0.25, -0.2) is 4.89 Å². The van der Waals surface area contributed by atoms with Crippen molar-refractivity contribution in [2.24, 2.45) is 0 Å². The van der Waals surface area contributed by atoms with E-state index in [0.717, 1.165) is 32.1 Å². The lowest BCUT2D eigenvalue weighted by Gasteiger charge is -2.09. The monoisotopic (exact) mass is 360 g/mol. The van der Waals surface area contributed by atoms with Gasteiger partial charge in [-0.3, -0.25) is 10.1 Å². The summed E-state index contributed by atoms with van der Waals surface area (Å²) in [5.74, 6) is -0.674. The molecule has 0 fully saturated rings. The molecule has 0 spiro atoms. The van der Waals surface area contributed by atoms with Crippen LogP contribution in [0.25, 0.3) is 0 Å². The van der Waals surface area contributed by atoms with Gasteiger partial charge in [0, 0.05) is 6.42 Å². The summed E-state index contributed by atoms with van der Waals surface area (Å²) in [4.78, 5) is 14.5. The van der Waals surface area contributed by atoms with Crippen LogP contribution in [0.5, 0.6) is 0 Å². The second kappa shape index (κ2) is 19.7. The van der Waals surface area contributed by atoms with Gasteiger partial charge in [-0.15, -0.1) is 0 Å². The summed E-state index contributed by atoms with van der Waals surface area (Å²) in [5, 5.41) is 25.9. The number of aliphatic carboxylic acids is 1. The number of aliphatic hydroxyl groups is 1. The maximum Gasteiger partial charge on any atom is 0.303 e. The molecule has 1 unspecified atom stereocenters. The molecule has 3 N–H and O–H groups in total. The molecule has 25 heavy (non-hydrogen) atoms. The molecule has 0 rings (SSSR count). The molecule has 0 aromatic carbocycles. The number of unbranched alkanes of at least 4 members (excludes halogenated alkanes) is 14. The number of rotatable bonds is 20. The summed E-state index contributed by atoms with van der Waals surface area (Å²) in [6.07, 6.45) is 18.8. The highest BCUT2D eigenvalue weighted by Gasteiger charge is 2.05. The molecule has 0 aromatic heterocycles. The topological polar surface area (TPSA) is 87.0 Å². The molecule has 0 aliphatic rings. The van der Waals surface area contributed by atoms with Gasteiger partial charge in [0.2, 0.25) is 0 Å². The first-order valence-electron chi connectivity index (χ1n) is 10.3. The molecule has 0 aliphatic carbocycles. The molecule has 5 heteroatoms. The number of aliphatic hydroxyl groups excluding tert-OH is 1. The van der Waals surface area contributed by atoms with Crippen molar-refractivity contribution < 1.29 is 25.2 Å². The standard InChI is InChI=1S/C20H40O5/c21-18-19(25-24)16-14-12-10-8-6-4-2-1-3-5-7-9-11-13-15-17-20(22)23/h19,21,24H,1-18H2,(H,22,23). The van der Waals surface area contributed by atoms with Gasteiger partial charge in [0.05, 0.1) is 6.61 Å². The Hall–Kier alpha value is -0.650. The SMILES string of the molecule is O=C(O)CCCCCCCCCCCCCCCCCC(CO)OO. The van der Waals surface area contributed by atoms with E-state index in [1.165, 1.54) is 70.6 Å². The molecule has 1 atom stereocenters. The third-order valence-electron chi connectivity index (χ3n) is 4.77. The van der Waals surface area contributed by atoms with Crippen molar-refractivity contribution in [1.82, 2.24) is 0 Å². The Morgan fingerprint density at radius 3 is 1.36 bits per heavy atom. The fraction of sp³-hybridized carbons (Fsp3) is 0.950. The van der Waals surface area contributed by atoms with E-state index in [4.69, 9.17) is 15.5 Å². The maximum atomic E-state index is 10.4. The van der Waals surface area contributed by atoms with Crippen LogP contribution < -0.4 is 0 Å². The first kappa shape index (κ1) is 24.4. The maximum absolute atomic E-state index is 10.4. The quantitative estimate of drug-likeness (QED) is 0.150. The minimum Gasteiger partial charge on any atom is -0.481 e. The summed E-state index contributed by atoms with van der Waals surface area (Å²) in [5.41, 5.74) is 0. The van der Waals surface area contributed by atoms with Crippen LogP contribution >= 0.6 is 0 Å². The molecule has 0 aromatic rings. The van der Waals surface area contributed by atoms with E-state index in [2.05, 4.69) is 4.89 Å². The Bertz CT molecular complexity index is 279. The predicted molar refractivity (Wildman–Crippen MR) is 101 cm³/mol. The van der Waals surface area contributed by atoms with Crippen LogP contribution in [0.2, 0.25) is 0 Å². The van der Waals surface area contributed by atoms with Crippen molar-refractivity contribution in [2.75, 3.05) is 6.61 Å². The van der Waals surface area contributed by atoms with Crippen molar-refractivity contribution in [3.8, 4) is 0 Å². The van der Waals surface area contributed by atoms with Gasteiger partial charge in [-0.2, -0.15) is 0 Å². The highest BCUT2D eigenvalue weighted by atomic mass is 17.1. The summed E-state index contributed by atoms with van der Waals surface area (Å²) < 4.78 is 0. The average molecular weight is 361 g/mol. The number of hydrogen-bond donors (Lipinski definition) is 3. The Morgan fingerprint density at radius 2 is 1.04 bits per heavy atom. The van der Waals surface area contributed by atoms with Crippen LogP contribution in [0.3, 0.4) is 0 Å². The lowest BCUT2D eigenvalue weighted by Crippen LogP contribution is -2.15. The largest absolute Gasteiger partial charge is 0.481 e. The molecule has 0 radical (unpaired) electrons. The van der Waals surface area contributed by atoms with Gasteiger partial charge in [0.1, 0.15) is 6.10 Å². The second-order valence-electron chi connectivity index (χ2n) is 7.15. The van der Waals surface area contributed by atoms with Gasteiger partial charge >= 0.3 is 5.97 Å². The van der Waals surface area contributed by atoms with Gasteiger partial charge in [0.25, 0.3) is 0 Å². The predicted octanol–water partition coefficient (Wildman–Crippen LogP) is 5.55. The smallest absolute Gasteiger partial charge is 0.303 e. The molecule has 0 saturated carbocycles. The fourth-order valence-corrected chi connectivity index (χ4v) is 3.12. The van der Waals surface area contributed by atoms with Crippen LogP contribution in [-0.2, 0) is 9.68 Å². The van der Waals surface area contributed by atoms with E-state index in [1.807, 2.05) is 0 Å². The van der Waals surface area contributed by atoms with E-state index in [9.17, 15) is 4.79 Å². The minimum absolute atomic E-state index is 0.110. The Balaban J connectivity index is 3.06. The molecule has 0 bridgehead atoms. The van der Waals surface area contributed by atoms with E-state index in [-0.39, 0.29) is 6.61 Å². The molecule has 0 heterocycles. The highest BCUT2D eigenvalue weighted by molar-refractivity contribution is 5.66. The minimum atomic E-state index is -0.674. The van der Waals surface area contributed by atoms with Crippen LogP contribution in [0.4, 0.5) is 0 Å². The van der Waals surface area contributed by atoms with Crippen molar-refractivity contribution in [3.63, 3.8) is 0 Å². The molecule has 0 saturated heterocycles. The number of carbonyl (C=O) groups is 1. The number of hydrogen-bond acceptors (Lipinski definition) is 4. The zero-order valence-corrected chi connectivity index (χ0v) is 16.0. The van der Waals surface area contributed by atoms with Gasteiger partial charge < -0.3 is 10.2 Å². The van der Waals surface area contributed by atoms with Gasteiger partial charge in [-0.1, -0.05) is 89.9 Å². The Morgan fingerprint density at radius 1 is 0.680 bits per heavy atom. The zero-order chi connectivity index (χ0) is 18.6. The molecule has 0 aliphatic heterocycles. The first-order chi connectivity index (χ1) is 12.2. The normalized spacial score (nSPS) is 12.4.